The van der Waals surface area contributed by atoms with Crippen LogP contribution in [0, 0.1) is 0 Å². The molecule has 1 heterocycles. The number of anilines is 2. The number of carbonyl (C=O) groups is 1. The van der Waals surface area contributed by atoms with Crippen molar-refractivity contribution in [3.05, 3.63) is 181 Å². The third-order valence-electron chi connectivity index (χ3n) is 10.1. The molecule has 8 aromatic rings. The fourth-order valence-corrected chi connectivity index (χ4v) is 7.58. The van der Waals surface area contributed by atoms with E-state index >= 15 is 0 Å². The number of carbonyl (C=O) groups excluding carboxylic acids is 1. The highest BCUT2D eigenvalue weighted by Gasteiger charge is 2.20. The second kappa shape index (κ2) is 13.1. The Bertz CT molecular complexity index is 3140. The van der Waals surface area contributed by atoms with Gasteiger partial charge >= 0.3 is 0 Å². The molecule has 10 rings (SSSR count). The smallest absolute Gasteiger partial charge is 0.207 e. The number of hydrogen-bond donors (Lipinski definition) is 2. The first-order valence-corrected chi connectivity index (χ1v) is 17.6. The minimum Gasteiger partial charge on any atom is -0.545 e. The number of fused-ring (bicyclic) bond motifs is 6. The minimum atomic E-state index is -1.23. The molecule has 0 unspecified atom stereocenters. The number of benzene rings is 9. The van der Waals surface area contributed by atoms with Gasteiger partial charge in [0.05, 0.1) is 12.0 Å². The number of carboxylic acid groups (broad SMARTS) is 1. The third-order valence-corrected chi connectivity index (χ3v) is 10.1. The van der Waals surface area contributed by atoms with Crippen LogP contribution in [0.2, 0.25) is 0 Å². The van der Waals surface area contributed by atoms with Crippen molar-refractivity contribution in [3.63, 3.8) is 0 Å². The van der Waals surface area contributed by atoms with Gasteiger partial charge in [0, 0.05) is 57.7 Å². The molecule has 8 aromatic carbocycles. The summed E-state index contributed by atoms with van der Waals surface area (Å²) < 4.78 is 6.66. The van der Waals surface area contributed by atoms with Gasteiger partial charge in [-0.2, -0.15) is 0 Å². The highest BCUT2D eigenvalue weighted by Crippen LogP contribution is 2.42. The molecule has 1 aliphatic carbocycles. The van der Waals surface area contributed by atoms with Crippen LogP contribution in [-0.2, 0) is 0 Å². The Labute approximate surface area is 311 Å². The maximum Gasteiger partial charge on any atom is 0.207 e. The Morgan fingerprint density at radius 2 is 1.09 bits per heavy atom. The molecule has 2 N–H and O–H groups in total. The molecule has 5 nitrogen and oxygen atoms in total. The van der Waals surface area contributed by atoms with Gasteiger partial charge in [-0.15, -0.1) is 0 Å². The number of hydrogen-bond acceptors (Lipinski definition) is 4. The van der Waals surface area contributed by atoms with Crippen molar-refractivity contribution in [1.29, 1.82) is 0 Å². The van der Waals surface area contributed by atoms with E-state index in [1.54, 1.807) is 12.1 Å². The lowest BCUT2D eigenvalue weighted by molar-refractivity contribution is -0.402. The SMILES string of the molecule is C.O=C([O-])c1ccccc1-c1c2ccc(=[NH+]c3ccc4cc5ccccc5cc4c3)cc-2oc2cc(Nc3ccc4cc5ccccc5cc4c3)ccc12. The molecule has 258 valence electrons. The molecule has 0 saturated carbocycles. The van der Waals surface area contributed by atoms with Crippen LogP contribution < -0.4 is 20.8 Å². The van der Waals surface area contributed by atoms with Gasteiger partial charge in [0.1, 0.15) is 11.3 Å². The van der Waals surface area contributed by atoms with Crippen LogP contribution in [0.4, 0.5) is 17.1 Å². The van der Waals surface area contributed by atoms with E-state index in [4.69, 9.17) is 4.42 Å². The normalized spacial score (nSPS) is 11.8. The van der Waals surface area contributed by atoms with E-state index in [0.717, 1.165) is 49.7 Å². The van der Waals surface area contributed by atoms with Gasteiger partial charge in [0.25, 0.3) is 0 Å². The molecule has 1 aliphatic heterocycles. The van der Waals surface area contributed by atoms with E-state index < -0.39 is 5.97 Å². The predicted molar refractivity (Wildman–Crippen MR) is 219 cm³/mol. The van der Waals surface area contributed by atoms with Crippen molar-refractivity contribution >= 4 is 77.1 Å². The van der Waals surface area contributed by atoms with Gasteiger partial charge in [-0.1, -0.05) is 86.3 Å². The first kappa shape index (κ1) is 32.7. The molecule has 0 radical (unpaired) electrons. The Morgan fingerprint density at radius 3 is 1.80 bits per heavy atom. The highest BCUT2D eigenvalue weighted by molar-refractivity contribution is 6.08. The zero-order chi connectivity index (χ0) is 35.5. The fourth-order valence-electron chi connectivity index (χ4n) is 7.58. The first-order chi connectivity index (χ1) is 26.0. The molecule has 0 amide bonds. The zero-order valence-corrected chi connectivity index (χ0v) is 28.4. The minimum absolute atomic E-state index is 0. The summed E-state index contributed by atoms with van der Waals surface area (Å²) >= 11 is 0. The van der Waals surface area contributed by atoms with Crippen LogP contribution in [0.1, 0.15) is 17.8 Å². The molecule has 0 spiro atoms. The highest BCUT2D eigenvalue weighted by atomic mass is 16.4. The summed E-state index contributed by atoms with van der Waals surface area (Å²) in [7, 11) is 0. The number of aromatic carboxylic acids is 1. The molecule has 5 heteroatoms. The van der Waals surface area contributed by atoms with E-state index in [0.29, 0.717) is 16.9 Å². The van der Waals surface area contributed by atoms with Crippen molar-refractivity contribution in [2.24, 2.45) is 0 Å². The van der Waals surface area contributed by atoms with Crippen LogP contribution >= 0.6 is 0 Å². The van der Waals surface area contributed by atoms with Crippen molar-refractivity contribution < 1.29 is 19.3 Å². The summed E-state index contributed by atoms with van der Waals surface area (Å²) in [6.07, 6.45) is 0. The van der Waals surface area contributed by atoms with Crippen LogP contribution in [0.5, 0.6) is 0 Å². The Kier molecular flexibility index (Phi) is 7.90. The van der Waals surface area contributed by atoms with Crippen LogP contribution in [0.25, 0.3) is 76.5 Å². The quantitative estimate of drug-likeness (QED) is 0.176. The van der Waals surface area contributed by atoms with Crippen molar-refractivity contribution in [1.82, 2.24) is 0 Å². The van der Waals surface area contributed by atoms with Crippen LogP contribution in [0.15, 0.2) is 174 Å². The van der Waals surface area contributed by atoms with Crippen molar-refractivity contribution in [2.75, 3.05) is 5.32 Å². The summed E-state index contributed by atoms with van der Waals surface area (Å²) in [5, 5.41) is 27.0. The van der Waals surface area contributed by atoms with E-state index in [9.17, 15) is 9.90 Å². The van der Waals surface area contributed by atoms with Crippen molar-refractivity contribution in [3.8, 4) is 22.5 Å². The maximum atomic E-state index is 12.4. The first-order valence-electron chi connectivity index (χ1n) is 17.6. The lowest BCUT2D eigenvalue weighted by Crippen LogP contribution is -2.70. The van der Waals surface area contributed by atoms with Gasteiger partial charge < -0.3 is 19.6 Å². The van der Waals surface area contributed by atoms with Gasteiger partial charge in [-0.3, -0.25) is 0 Å². The second-order valence-electron chi connectivity index (χ2n) is 13.5. The molecule has 0 aromatic heterocycles. The average molecular weight is 699 g/mol. The Morgan fingerprint density at radius 1 is 0.519 bits per heavy atom. The fraction of sp³-hybridized carbons (Fsp3) is 0.0204. The van der Waals surface area contributed by atoms with Crippen molar-refractivity contribution in [2.45, 2.75) is 7.43 Å². The Balaban J connectivity index is 0.00000384. The summed E-state index contributed by atoms with van der Waals surface area (Å²) in [5.41, 5.74) is 5.63. The summed E-state index contributed by atoms with van der Waals surface area (Å²) in [6.45, 7) is 0. The number of nitrogens with one attached hydrogen (secondary N) is 2. The molecule has 54 heavy (non-hydrogen) atoms. The summed E-state index contributed by atoms with van der Waals surface area (Å²) in [5.74, 6) is -0.611. The third kappa shape index (κ3) is 5.78. The molecular weight excluding hydrogens is 665 g/mol. The lowest BCUT2D eigenvalue weighted by Gasteiger charge is -2.18. The lowest BCUT2D eigenvalue weighted by atomic mass is 9.90. The predicted octanol–water partition coefficient (Wildman–Crippen LogP) is 9.87. The zero-order valence-electron chi connectivity index (χ0n) is 28.4. The van der Waals surface area contributed by atoms with Gasteiger partial charge in [0.2, 0.25) is 11.0 Å². The molecule has 0 fully saturated rings. The Hall–Kier alpha value is -7.24. The van der Waals surface area contributed by atoms with E-state index in [1.807, 2.05) is 48.5 Å². The van der Waals surface area contributed by atoms with Gasteiger partial charge in [-0.25, -0.2) is 4.99 Å². The topological polar surface area (TPSA) is 79.3 Å². The van der Waals surface area contributed by atoms with Crippen LogP contribution in [0.3, 0.4) is 0 Å². The molecule has 0 saturated heterocycles. The number of carboxylic acids is 1. The van der Waals surface area contributed by atoms with Gasteiger partial charge in [-0.05, 0) is 109 Å². The molecule has 0 bridgehead atoms. The standard InChI is InChI=1S/C48H30N2O3.CH4/c51-48(52)42-12-6-5-11-41(42)47-43-19-17-39(49-37-15-13-33-21-29-7-1-3-9-31(29)23-35(33)25-37)27-45(43)53-46-28-40(18-20-44(46)47)50-38-16-14-34-22-30-8-2-4-10-32(30)24-36(34)26-38;/h1-28,49H,(H,51,52);1H4. The average Bonchev–Trinajstić information content (AvgIpc) is 3.18. The maximum absolute atomic E-state index is 12.4. The number of rotatable bonds is 5. The summed E-state index contributed by atoms with van der Waals surface area (Å²) in [4.78, 5) is 15.9. The summed E-state index contributed by atoms with van der Waals surface area (Å²) in [6, 6.07) is 57.2. The largest absolute Gasteiger partial charge is 0.545 e. The molecule has 2 aliphatic rings. The molecular formula is C49H34N2O3. The van der Waals surface area contributed by atoms with E-state index in [2.05, 4.69) is 120 Å². The van der Waals surface area contributed by atoms with Gasteiger partial charge in [0.15, 0.2) is 0 Å². The van der Waals surface area contributed by atoms with E-state index in [1.165, 1.54) is 32.3 Å². The molecule has 0 atom stereocenters. The second-order valence-corrected chi connectivity index (χ2v) is 13.5. The monoisotopic (exact) mass is 698 g/mol. The van der Waals surface area contributed by atoms with Crippen LogP contribution in [-0.4, -0.2) is 5.97 Å². The van der Waals surface area contributed by atoms with E-state index in [-0.39, 0.29) is 13.0 Å².